The van der Waals surface area contributed by atoms with Crippen LogP contribution in [0.2, 0.25) is 0 Å². The van der Waals surface area contributed by atoms with E-state index in [4.69, 9.17) is 0 Å². The molecule has 7 nitrogen and oxygen atoms in total. The Balaban J connectivity index is 1.55. The molecule has 3 rings (SSSR count). The standard InChI is InChI=1S/C16H27N5O2/c22-13-15-11-20(16(23)12-21-8-5-17-18-21)10-14(15)9-19-6-3-1-2-4-7-19/h5,8,14-15,22H,1-4,6-7,9-13H2. The summed E-state index contributed by atoms with van der Waals surface area (Å²) in [7, 11) is 0. The Morgan fingerprint density at radius 1 is 1.13 bits per heavy atom. The molecular weight excluding hydrogens is 294 g/mol. The number of aromatic nitrogens is 3. The number of aliphatic hydroxyl groups excluding tert-OH is 1. The second-order valence-electron chi connectivity index (χ2n) is 6.82. The van der Waals surface area contributed by atoms with Gasteiger partial charge in [-0.2, -0.15) is 0 Å². The monoisotopic (exact) mass is 321 g/mol. The molecule has 0 saturated carbocycles. The van der Waals surface area contributed by atoms with E-state index >= 15 is 0 Å². The number of hydrogen-bond acceptors (Lipinski definition) is 5. The van der Waals surface area contributed by atoms with Gasteiger partial charge in [-0.05, 0) is 31.8 Å². The van der Waals surface area contributed by atoms with Crippen molar-refractivity contribution in [1.82, 2.24) is 24.8 Å². The Morgan fingerprint density at radius 3 is 2.52 bits per heavy atom. The van der Waals surface area contributed by atoms with Crippen molar-refractivity contribution in [3.05, 3.63) is 12.4 Å². The van der Waals surface area contributed by atoms with Gasteiger partial charge in [0.05, 0.1) is 6.20 Å². The third-order valence-electron chi connectivity index (χ3n) is 5.12. The van der Waals surface area contributed by atoms with Crippen molar-refractivity contribution < 1.29 is 9.90 Å². The van der Waals surface area contributed by atoms with Crippen LogP contribution in [0.25, 0.3) is 0 Å². The summed E-state index contributed by atoms with van der Waals surface area (Å²) in [5.74, 6) is 0.628. The maximum Gasteiger partial charge on any atom is 0.244 e. The first-order valence-electron chi connectivity index (χ1n) is 8.71. The fourth-order valence-corrected chi connectivity index (χ4v) is 3.76. The third-order valence-corrected chi connectivity index (χ3v) is 5.12. The molecular formula is C16H27N5O2. The van der Waals surface area contributed by atoms with E-state index in [2.05, 4.69) is 15.2 Å². The Morgan fingerprint density at radius 2 is 1.87 bits per heavy atom. The second-order valence-corrected chi connectivity index (χ2v) is 6.82. The van der Waals surface area contributed by atoms with E-state index < -0.39 is 0 Å². The van der Waals surface area contributed by atoms with Crippen molar-refractivity contribution in [3.8, 4) is 0 Å². The predicted molar refractivity (Wildman–Crippen MR) is 85.6 cm³/mol. The van der Waals surface area contributed by atoms with E-state index in [1.807, 2.05) is 4.90 Å². The van der Waals surface area contributed by atoms with Gasteiger partial charge in [-0.25, -0.2) is 4.68 Å². The zero-order valence-electron chi connectivity index (χ0n) is 13.7. The van der Waals surface area contributed by atoms with Gasteiger partial charge in [0.25, 0.3) is 0 Å². The smallest absolute Gasteiger partial charge is 0.244 e. The largest absolute Gasteiger partial charge is 0.396 e. The molecule has 0 aliphatic carbocycles. The van der Waals surface area contributed by atoms with Gasteiger partial charge in [0.2, 0.25) is 5.91 Å². The lowest BCUT2D eigenvalue weighted by atomic mass is 9.96. The Labute approximate surface area is 137 Å². The quantitative estimate of drug-likeness (QED) is 0.840. The molecule has 0 radical (unpaired) electrons. The molecule has 128 valence electrons. The van der Waals surface area contributed by atoms with Crippen LogP contribution in [0.3, 0.4) is 0 Å². The summed E-state index contributed by atoms with van der Waals surface area (Å²) < 4.78 is 1.55. The summed E-state index contributed by atoms with van der Waals surface area (Å²) in [6.45, 7) is 5.10. The Hall–Kier alpha value is -1.47. The molecule has 1 N–H and O–H groups in total. The van der Waals surface area contributed by atoms with E-state index in [-0.39, 0.29) is 25.0 Å². The van der Waals surface area contributed by atoms with Crippen LogP contribution in [-0.4, -0.2) is 75.1 Å². The average molecular weight is 321 g/mol. The van der Waals surface area contributed by atoms with Crippen molar-refractivity contribution in [2.45, 2.75) is 32.2 Å². The lowest BCUT2D eigenvalue weighted by molar-refractivity contribution is -0.131. The molecule has 1 aromatic heterocycles. The molecule has 0 bridgehead atoms. The number of carbonyl (C=O) groups is 1. The molecule has 23 heavy (non-hydrogen) atoms. The topological polar surface area (TPSA) is 74.5 Å². The minimum absolute atomic E-state index is 0.0623. The molecule has 1 aromatic rings. The fraction of sp³-hybridized carbons (Fsp3) is 0.812. The molecule has 3 heterocycles. The number of amides is 1. The lowest BCUT2D eigenvalue weighted by Gasteiger charge is -2.26. The van der Waals surface area contributed by atoms with Crippen LogP contribution < -0.4 is 0 Å². The lowest BCUT2D eigenvalue weighted by Crippen LogP contribution is -2.35. The summed E-state index contributed by atoms with van der Waals surface area (Å²) in [5, 5.41) is 17.3. The molecule has 2 atom stereocenters. The minimum atomic E-state index is 0.0623. The molecule has 7 heteroatoms. The van der Waals surface area contributed by atoms with E-state index in [0.717, 1.165) is 26.2 Å². The number of hydrogen-bond donors (Lipinski definition) is 1. The normalized spacial score (nSPS) is 26.4. The molecule has 2 aliphatic heterocycles. The summed E-state index contributed by atoms with van der Waals surface area (Å²) in [6.07, 6.45) is 8.47. The van der Waals surface area contributed by atoms with Crippen LogP contribution in [-0.2, 0) is 11.3 Å². The minimum Gasteiger partial charge on any atom is -0.396 e. The summed E-state index contributed by atoms with van der Waals surface area (Å²) in [6, 6.07) is 0. The van der Waals surface area contributed by atoms with Crippen molar-refractivity contribution in [2.75, 3.05) is 39.3 Å². The van der Waals surface area contributed by atoms with Gasteiger partial charge < -0.3 is 14.9 Å². The molecule has 0 spiro atoms. The Bertz CT molecular complexity index is 485. The van der Waals surface area contributed by atoms with Crippen LogP contribution in [0.4, 0.5) is 0 Å². The highest BCUT2D eigenvalue weighted by Crippen LogP contribution is 2.25. The molecule has 1 amide bonds. The van der Waals surface area contributed by atoms with E-state index in [1.165, 1.54) is 25.7 Å². The molecule has 0 aromatic carbocycles. The van der Waals surface area contributed by atoms with Crippen molar-refractivity contribution in [3.63, 3.8) is 0 Å². The van der Waals surface area contributed by atoms with Crippen molar-refractivity contribution in [2.24, 2.45) is 11.8 Å². The fourth-order valence-electron chi connectivity index (χ4n) is 3.76. The van der Waals surface area contributed by atoms with Crippen LogP contribution in [0.15, 0.2) is 12.4 Å². The first-order valence-corrected chi connectivity index (χ1v) is 8.71. The number of nitrogens with zero attached hydrogens (tertiary/aromatic N) is 5. The van der Waals surface area contributed by atoms with Gasteiger partial charge in [-0.1, -0.05) is 18.1 Å². The van der Waals surface area contributed by atoms with E-state index in [9.17, 15) is 9.90 Å². The first-order chi connectivity index (χ1) is 11.3. The zero-order valence-corrected chi connectivity index (χ0v) is 13.7. The van der Waals surface area contributed by atoms with Gasteiger partial charge in [-0.3, -0.25) is 4.79 Å². The number of likely N-dealkylation sites (tertiary alicyclic amines) is 2. The molecule has 2 saturated heterocycles. The average Bonchev–Trinajstić information content (AvgIpc) is 3.12. The van der Waals surface area contributed by atoms with Gasteiger partial charge in [-0.15, -0.1) is 5.10 Å². The predicted octanol–water partition coefficient (Wildman–Crippen LogP) is 0.221. The summed E-state index contributed by atoms with van der Waals surface area (Å²) in [5.41, 5.74) is 0. The summed E-state index contributed by atoms with van der Waals surface area (Å²) >= 11 is 0. The van der Waals surface area contributed by atoms with Crippen LogP contribution in [0, 0.1) is 11.8 Å². The van der Waals surface area contributed by atoms with Crippen LogP contribution >= 0.6 is 0 Å². The number of aliphatic hydroxyl groups is 1. The highest BCUT2D eigenvalue weighted by atomic mass is 16.3. The molecule has 2 unspecified atom stereocenters. The first kappa shape index (κ1) is 16.4. The van der Waals surface area contributed by atoms with Gasteiger partial charge in [0, 0.05) is 38.4 Å². The maximum atomic E-state index is 12.4. The van der Waals surface area contributed by atoms with Crippen molar-refractivity contribution in [1.29, 1.82) is 0 Å². The zero-order chi connectivity index (χ0) is 16.1. The Kier molecular flexibility index (Phi) is 5.61. The highest BCUT2D eigenvalue weighted by Gasteiger charge is 2.35. The van der Waals surface area contributed by atoms with Gasteiger partial charge in [0.15, 0.2) is 0 Å². The third kappa shape index (κ3) is 4.29. The highest BCUT2D eigenvalue weighted by molar-refractivity contribution is 5.76. The van der Waals surface area contributed by atoms with E-state index in [1.54, 1.807) is 17.1 Å². The van der Waals surface area contributed by atoms with Crippen LogP contribution in [0.1, 0.15) is 25.7 Å². The van der Waals surface area contributed by atoms with E-state index in [0.29, 0.717) is 12.5 Å². The van der Waals surface area contributed by atoms with Gasteiger partial charge in [0.1, 0.15) is 6.54 Å². The van der Waals surface area contributed by atoms with Gasteiger partial charge >= 0.3 is 0 Å². The maximum absolute atomic E-state index is 12.4. The summed E-state index contributed by atoms with van der Waals surface area (Å²) in [4.78, 5) is 16.8. The molecule has 2 fully saturated rings. The molecule has 2 aliphatic rings. The number of rotatable bonds is 5. The SMILES string of the molecule is O=C(Cn1ccnn1)N1CC(CO)C(CN2CCCCCC2)C1. The van der Waals surface area contributed by atoms with Crippen molar-refractivity contribution >= 4 is 5.91 Å². The second kappa shape index (κ2) is 7.88. The van der Waals surface area contributed by atoms with Crippen LogP contribution in [0.5, 0.6) is 0 Å². The number of carbonyl (C=O) groups excluding carboxylic acids is 1.